The van der Waals surface area contributed by atoms with Crippen LogP contribution in [0.4, 0.5) is 5.13 Å². The highest BCUT2D eigenvalue weighted by atomic mass is 32.2. The summed E-state index contributed by atoms with van der Waals surface area (Å²) in [7, 11) is -1.36. The average molecular weight is 396 g/mol. The van der Waals surface area contributed by atoms with E-state index in [-0.39, 0.29) is 18.1 Å². The molecular formula is C17H21N3O4S2. The van der Waals surface area contributed by atoms with Gasteiger partial charge in [-0.3, -0.25) is 0 Å². The molecule has 0 bridgehead atoms. The van der Waals surface area contributed by atoms with E-state index in [1.807, 2.05) is 12.1 Å². The zero-order valence-electron chi connectivity index (χ0n) is 14.6. The number of fused-ring (bicyclic) bond motifs is 2. The Balaban J connectivity index is 1.30. The van der Waals surface area contributed by atoms with E-state index in [2.05, 4.69) is 4.90 Å². The molecule has 9 heteroatoms. The minimum Gasteiger partial charge on any atom is -0.454 e. The van der Waals surface area contributed by atoms with Crippen LogP contribution in [0.15, 0.2) is 12.1 Å². The van der Waals surface area contributed by atoms with Crippen molar-refractivity contribution in [3.63, 3.8) is 0 Å². The highest BCUT2D eigenvalue weighted by Crippen LogP contribution is 2.40. The molecule has 26 heavy (non-hydrogen) atoms. The fraction of sp³-hybridized carbons (Fsp3) is 0.588. The molecule has 1 saturated heterocycles. The topological polar surface area (TPSA) is 72.0 Å². The summed E-state index contributed by atoms with van der Waals surface area (Å²) in [6, 6.07) is 4.01. The van der Waals surface area contributed by atoms with Gasteiger partial charge < -0.3 is 14.4 Å². The second kappa shape index (κ2) is 5.97. The Bertz CT molecular complexity index is 905. The molecule has 0 spiro atoms. The Kier molecular flexibility index (Phi) is 3.81. The number of thiazole rings is 1. The van der Waals surface area contributed by atoms with Crippen molar-refractivity contribution in [3.8, 4) is 11.5 Å². The monoisotopic (exact) mass is 395 g/mol. The van der Waals surface area contributed by atoms with Gasteiger partial charge in [-0.2, -0.15) is 0 Å². The first-order valence-corrected chi connectivity index (χ1v) is 11.3. The Morgan fingerprint density at radius 2 is 1.85 bits per heavy atom. The molecule has 2 aromatic rings. The summed E-state index contributed by atoms with van der Waals surface area (Å²) in [5, 5.41) is 0.844. The predicted octanol–water partition coefficient (Wildman–Crippen LogP) is 2.42. The molecule has 0 unspecified atom stereocenters. The van der Waals surface area contributed by atoms with Crippen LogP contribution in [0.2, 0.25) is 0 Å². The van der Waals surface area contributed by atoms with Gasteiger partial charge in [0.2, 0.25) is 16.8 Å². The van der Waals surface area contributed by atoms with Gasteiger partial charge >= 0.3 is 0 Å². The molecule has 0 radical (unpaired) electrons. The standard InChI is InChI=1S/C17H21N3O4S2/c1-19(26(21,22)12-2-3-12)11-4-6-20(7-5-11)17-18-13-8-14-15(24-10-23-14)9-16(13)25-17/h8-9,11-12H,2-7,10H2,1H3. The zero-order valence-corrected chi connectivity index (χ0v) is 16.2. The lowest BCUT2D eigenvalue weighted by atomic mass is 10.1. The highest BCUT2D eigenvalue weighted by molar-refractivity contribution is 7.90. The van der Waals surface area contributed by atoms with Crippen molar-refractivity contribution in [1.82, 2.24) is 9.29 Å². The number of piperidine rings is 1. The SMILES string of the molecule is CN(C1CCN(c2nc3cc4c(cc3s2)OCO4)CC1)S(=O)(=O)C1CC1. The minimum atomic E-state index is -3.10. The number of sulfonamides is 1. The van der Waals surface area contributed by atoms with Gasteiger partial charge in [0.25, 0.3) is 0 Å². The number of aromatic nitrogens is 1. The van der Waals surface area contributed by atoms with Crippen LogP contribution in [0.3, 0.4) is 0 Å². The summed E-state index contributed by atoms with van der Waals surface area (Å²) in [6.45, 7) is 1.91. The summed E-state index contributed by atoms with van der Waals surface area (Å²) in [4.78, 5) is 7.00. The maximum atomic E-state index is 12.4. The van der Waals surface area contributed by atoms with Crippen molar-refractivity contribution >= 4 is 36.7 Å². The first-order valence-electron chi connectivity index (χ1n) is 8.94. The zero-order chi connectivity index (χ0) is 17.9. The largest absolute Gasteiger partial charge is 0.454 e. The third-order valence-electron chi connectivity index (χ3n) is 5.47. The van der Waals surface area contributed by atoms with Gasteiger partial charge in [-0.1, -0.05) is 11.3 Å². The summed E-state index contributed by atoms with van der Waals surface area (Å²) < 4.78 is 38.4. The van der Waals surface area contributed by atoms with Crippen molar-refractivity contribution in [3.05, 3.63) is 12.1 Å². The molecule has 140 valence electrons. The molecule has 5 rings (SSSR count). The van der Waals surface area contributed by atoms with Crippen LogP contribution in [0.1, 0.15) is 25.7 Å². The smallest absolute Gasteiger partial charge is 0.231 e. The number of benzene rings is 1. The van der Waals surface area contributed by atoms with E-state index in [1.165, 1.54) is 0 Å². The maximum Gasteiger partial charge on any atom is 0.231 e. The molecular weight excluding hydrogens is 374 g/mol. The predicted molar refractivity (Wildman–Crippen MR) is 101 cm³/mol. The molecule has 0 amide bonds. The Labute approximate surface area is 156 Å². The molecule has 1 aliphatic carbocycles. The summed E-state index contributed by atoms with van der Waals surface area (Å²) in [5.74, 6) is 1.53. The van der Waals surface area contributed by atoms with E-state index in [0.717, 1.165) is 65.6 Å². The molecule has 1 aromatic heterocycles. The van der Waals surface area contributed by atoms with Crippen LogP contribution in [-0.4, -0.2) is 55.9 Å². The average Bonchev–Trinajstić information content (AvgIpc) is 3.29. The Hall–Kier alpha value is -1.58. The maximum absolute atomic E-state index is 12.4. The van der Waals surface area contributed by atoms with E-state index in [9.17, 15) is 8.42 Å². The Morgan fingerprint density at radius 1 is 1.15 bits per heavy atom. The third-order valence-corrected chi connectivity index (χ3v) is 8.96. The normalized spacial score (nSPS) is 21.1. The molecule has 3 heterocycles. The number of hydrogen-bond acceptors (Lipinski definition) is 7. The molecule has 2 aliphatic heterocycles. The van der Waals surface area contributed by atoms with Gasteiger partial charge in [0.15, 0.2) is 16.6 Å². The quantitative estimate of drug-likeness (QED) is 0.792. The summed E-state index contributed by atoms with van der Waals surface area (Å²) in [5.41, 5.74) is 0.921. The van der Waals surface area contributed by atoms with Gasteiger partial charge in [0, 0.05) is 38.3 Å². The minimum absolute atomic E-state index is 0.0943. The number of rotatable bonds is 4. The van der Waals surface area contributed by atoms with Crippen molar-refractivity contribution < 1.29 is 17.9 Å². The van der Waals surface area contributed by atoms with Crippen molar-refractivity contribution in [1.29, 1.82) is 0 Å². The van der Waals surface area contributed by atoms with Crippen LogP contribution >= 0.6 is 11.3 Å². The van der Waals surface area contributed by atoms with Crippen molar-refractivity contribution in [2.24, 2.45) is 0 Å². The highest BCUT2D eigenvalue weighted by Gasteiger charge is 2.41. The van der Waals surface area contributed by atoms with Crippen LogP contribution in [-0.2, 0) is 10.0 Å². The third kappa shape index (κ3) is 2.73. The van der Waals surface area contributed by atoms with E-state index < -0.39 is 10.0 Å². The molecule has 7 nitrogen and oxygen atoms in total. The lowest BCUT2D eigenvalue weighted by molar-refractivity contribution is 0.174. The molecule has 1 saturated carbocycles. The summed E-state index contributed by atoms with van der Waals surface area (Å²) >= 11 is 1.65. The van der Waals surface area contributed by atoms with E-state index in [4.69, 9.17) is 14.5 Å². The molecule has 0 atom stereocenters. The first-order chi connectivity index (χ1) is 12.5. The molecule has 0 N–H and O–H groups in total. The lowest BCUT2D eigenvalue weighted by Crippen LogP contribution is -2.46. The summed E-state index contributed by atoms with van der Waals surface area (Å²) in [6.07, 6.45) is 3.30. The van der Waals surface area contributed by atoms with Gasteiger partial charge in [-0.15, -0.1) is 0 Å². The van der Waals surface area contributed by atoms with Crippen LogP contribution < -0.4 is 14.4 Å². The van der Waals surface area contributed by atoms with Crippen molar-refractivity contribution in [2.75, 3.05) is 31.8 Å². The second-order valence-corrected chi connectivity index (χ2v) is 10.4. The van der Waals surface area contributed by atoms with E-state index >= 15 is 0 Å². The fourth-order valence-electron chi connectivity index (χ4n) is 3.67. The van der Waals surface area contributed by atoms with Crippen LogP contribution in [0.5, 0.6) is 11.5 Å². The molecule has 2 fully saturated rings. The van der Waals surface area contributed by atoms with Gasteiger partial charge in [-0.05, 0) is 25.7 Å². The lowest BCUT2D eigenvalue weighted by Gasteiger charge is -2.36. The van der Waals surface area contributed by atoms with Gasteiger partial charge in [0.05, 0.1) is 15.5 Å². The second-order valence-electron chi connectivity index (χ2n) is 7.15. The van der Waals surface area contributed by atoms with Crippen LogP contribution in [0, 0.1) is 0 Å². The molecule has 1 aromatic carbocycles. The van der Waals surface area contributed by atoms with Gasteiger partial charge in [0.1, 0.15) is 0 Å². The molecule has 3 aliphatic rings. The number of nitrogens with zero attached hydrogens (tertiary/aromatic N) is 3. The Morgan fingerprint density at radius 3 is 2.54 bits per heavy atom. The first kappa shape index (κ1) is 16.6. The van der Waals surface area contributed by atoms with E-state index in [0.29, 0.717) is 0 Å². The van der Waals surface area contributed by atoms with E-state index in [1.54, 1.807) is 22.7 Å². The number of anilines is 1. The fourth-order valence-corrected chi connectivity index (χ4v) is 6.53. The van der Waals surface area contributed by atoms with Gasteiger partial charge in [-0.25, -0.2) is 17.7 Å². The number of ether oxygens (including phenoxy) is 2. The van der Waals surface area contributed by atoms with Crippen LogP contribution in [0.25, 0.3) is 10.2 Å². The van der Waals surface area contributed by atoms with Crippen molar-refractivity contribution in [2.45, 2.75) is 37.0 Å². The number of hydrogen-bond donors (Lipinski definition) is 0.